The first-order valence-electron chi connectivity index (χ1n) is 8.24. The fourth-order valence-electron chi connectivity index (χ4n) is 2.80. The van der Waals surface area contributed by atoms with Crippen molar-refractivity contribution in [2.75, 3.05) is 0 Å². The molecule has 4 rings (SSSR count). The molecule has 4 nitrogen and oxygen atoms in total. The van der Waals surface area contributed by atoms with Gasteiger partial charge in [0.15, 0.2) is 5.78 Å². The highest BCUT2D eigenvalue weighted by Crippen LogP contribution is 2.22. The summed E-state index contributed by atoms with van der Waals surface area (Å²) >= 11 is 0. The van der Waals surface area contributed by atoms with Crippen molar-refractivity contribution < 1.29 is 19.1 Å². The van der Waals surface area contributed by atoms with Crippen molar-refractivity contribution in [3.63, 3.8) is 0 Å². The molecule has 0 aromatic heterocycles. The summed E-state index contributed by atoms with van der Waals surface area (Å²) in [5, 5.41) is 0. The maximum Gasteiger partial charge on any atom is 0.346 e. The van der Waals surface area contributed by atoms with E-state index in [1.165, 1.54) is 18.2 Å². The fourth-order valence-corrected chi connectivity index (χ4v) is 2.80. The zero-order valence-corrected chi connectivity index (χ0v) is 14.1. The predicted molar refractivity (Wildman–Crippen MR) is 98.5 cm³/mol. The maximum atomic E-state index is 12.8. The van der Waals surface area contributed by atoms with Gasteiger partial charge in [0.05, 0.1) is 11.1 Å². The van der Waals surface area contributed by atoms with Crippen LogP contribution in [0.3, 0.4) is 0 Å². The lowest BCUT2D eigenvalue weighted by Gasteiger charge is -2.03. The van der Waals surface area contributed by atoms with Gasteiger partial charge in [0.1, 0.15) is 0 Å². The van der Waals surface area contributed by atoms with Crippen molar-refractivity contribution in [3.05, 3.63) is 106 Å². The largest absolute Gasteiger partial charge is 0.386 e. The number of ketones is 1. The van der Waals surface area contributed by atoms with E-state index in [9.17, 15) is 14.4 Å². The summed E-state index contributed by atoms with van der Waals surface area (Å²) in [6.07, 6.45) is 0. The molecule has 27 heavy (non-hydrogen) atoms. The van der Waals surface area contributed by atoms with Crippen LogP contribution in [0.4, 0.5) is 0 Å². The summed E-state index contributed by atoms with van der Waals surface area (Å²) in [5.41, 5.74) is 2.66. The Labute approximate surface area is 155 Å². The average Bonchev–Trinajstić information content (AvgIpc) is 3.00. The van der Waals surface area contributed by atoms with Gasteiger partial charge in [-0.05, 0) is 36.4 Å². The van der Waals surface area contributed by atoms with Crippen LogP contribution in [0.2, 0.25) is 0 Å². The van der Waals surface area contributed by atoms with Crippen LogP contribution in [0, 0.1) is 11.8 Å². The standard InChI is InChI=1S/C23H12O4/c24-21(18-11-12-19-20(14-18)23(26)27-22(19)25)17-8-4-7-16(13-17)10-9-15-5-2-1-3-6-15/h1-8,11-14H. The van der Waals surface area contributed by atoms with Gasteiger partial charge in [-0.1, -0.05) is 48.2 Å². The van der Waals surface area contributed by atoms with Crippen LogP contribution >= 0.6 is 0 Å². The molecule has 0 aliphatic carbocycles. The Morgan fingerprint density at radius 3 is 2.15 bits per heavy atom. The Morgan fingerprint density at radius 2 is 1.33 bits per heavy atom. The van der Waals surface area contributed by atoms with Gasteiger partial charge in [-0.15, -0.1) is 0 Å². The minimum atomic E-state index is -0.730. The third kappa shape index (κ3) is 3.26. The topological polar surface area (TPSA) is 60.4 Å². The fraction of sp³-hybridized carbons (Fsp3) is 0. The number of ether oxygens (including phenoxy) is 1. The van der Waals surface area contributed by atoms with E-state index in [1.807, 2.05) is 36.4 Å². The Hall–Kier alpha value is -3.97. The van der Waals surface area contributed by atoms with Crippen LogP contribution in [0.1, 0.15) is 47.8 Å². The van der Waals surface area contributed by atoms with Crippen LogP contribution in [-0.4, -0.2) is 17.7 Å². The van der Waals surface area contributed by atoms with E-state index < -0.39 is 11.9 Å². The normalized spacial score (nSPS) is 12.0. The van der Waals surface area contributed by atoms with E-state index in [0.717, 1.165) is 5.56 Å². The van der Waals surface area contributed by atoms with Crippen LogP contribution in [-0.2, 0) is 4.74 Å². The van der Waals surface area contributed by atoms with Crippen LogP contribution in [0.15, 0.2) is 72.8 Å². The van der Waals surface area contributed by atoms with Gasteiger partial charge in [0.25, 0.3) is 0 Å². The maximum absolute atomic E-state index is 12.8. The van der Waals surface area contributed by atoms with Gasteiger partial charge >= 0.3 is 11.9 Å². The second-order valence-electron chi connectivity index (χ2n) is 5.96. The van der Waals surface area contributed by atoms with E-state index in [2.05, 4.69) is 16.6 Å². The molecular formula is C23H12O4. The number of rotatable bonds is 2. The van der Waals surface area contributed by atoms with Gasteiger partial charge in [-0.3, -0.25) is 4.79 Å². The molecule has 3 aromatic carbocycles. The molecule has 128 valence electrons. The molecule has 1 aliphatic heterocycles. The van der Waals surface area contributed by atoms with Gasteiger partial charge in [-0.25, -0.2) is 9.59 Å². The number of benzene rings is 3. The molecule has 0 saturated heterocycles. The van der Waals surface area contributed by atoms with Gasteiger partial charge in [0, 0.05) is 22.3 Å². The van der Waals surface area contributed by atoms with Crippen LogP contribution in [0.5, 0.6) is 0 Å². The van der Waals surface area contributed by atoms with E-state index in [0.29, 0.717) is 16.7 Å². The lowest BCUT2D eigenvalue weighted by atomic mass is 9.98. The molecule has 0 spiro atoms. The molecule has 0 amide bonds. The lowest BCUT2D eigenvalue weighted by molar-refractivity contribution is 0.0443. The van der Waals surface area contributed by atoms with Crippen molar-refractivity contribution >= 4 is 17.7 Å². The molecule has 0 N–H and O–H groups in total. The smallest absolute Gasteiger partial charge is 0.346 e. The molecule has 3 aromatic rings. The van der Waals surface area contributed by atoms with Crippen molar-refractivity contribution in [1.82, 2.24) is 0 Å². The highest BCUT2D eigenvalue weighted by atomic mass is 16.6. The number of esters is 2. The Bertz CT molecular complexity index is 1150. The van der Waals surface area contributed by atoms with E-state index in [4.69, 9.17) is 0 Å². The van der Waals surface area contributed by atoms with Crippen molar-refractivity contribution in [3.8, 4) is 11.8 Å². The molecule has 0 atom stereocenters. The Balaban J connectivity index is 1.64. The first-order valence-corrected chi connectivity index (χ1v) is 8.24. The zero-order valence-electron chi connectivity index (χ0n) is 14.1. The van der Waals surface area contributed by atoms with E-state index in [1.54, 1.807) is 18.2 Å². The molecule has 0 radical (unpaired) electrons. The highest BCUT2D eigenvalue weighted by Gasteiger charge is 2.30. The van der Waals surface area contributed by atoms with Gasteiger partial charge in [0.2, 0.25) is 0 Å². The molecule has 0 fully saturated rings. The number of hydrogen-bond acceptors (Lipinski definition) is 4. The molecule has 0 saturated carbocycles. The summed E-state index contributed by atoms with van der Waals surface area (Å²) in [5.74, 6) is 4.42. The number of cyclic esters (lactones) is 2. The first-order chi connectivity index (χ1) is 13.1. The van der Waals surface area contributed by atoms with Gasteiger partial charge < -0.3 is 4.74 Å². The third-order valence-corrected chi connectivity index (χ3v) is 4.16. The minimum Gasteiger partial charge on any atom is -0.386 e. The Kier molecular flexibility index (Phi) is 4.12. The second-order valence-corrected chi connectivity index (χ2v) is 5.96. The third-order valence-electron chi connectivity index (χ3n) is 4.16. The van der Waals surface area contributed by atoms with E-state index >= 15 is 0 Å². The quantitative estimate of drug-likeness (QED) is 0.306. The molecule has 4 heteroatoms. The lowest BCUT2D eigenvalue weighted by Crippen LogP contribution is -2.04. The van der Waals surface area contributed by atoms with Crippen LogP contribution < -0.4 is 0 Å². The summed E-state index contributed by atoms with van der Waals surface area (Å²) in [7, 11) is 0. The summed E-state index contributed by atoms with van der Waals surface area (Å²) in [6, 6.07) is 20.9. The van der Waals surface area contributed by atoms with Crippen molar-refractivity contribution in [2.45, 2.75) is 0 Å². The zero-order chi connectivity index (χ0) is 18.8. The second kappa shape index (κ2) is 6.74. The molecule has 0 bridgehead atoms. The molecule has 0 unspecified atom stereocenters. The number of hydrogen-bond donors (Lipinski definition) is 0. The van der Waals surface area contributed by atoms with Crippen molar-refractivity contribution in [2.24, 2.45) is 0 Å². The SMILES string of the molecule is O=C(c1cccc(C#Cc2ccccc2)c1)c1ccc2c(c1)C(=O)OC2=O. The minimum absolute atomic E-state index is 0.117. The van der Waals surface area contributed by atoms with E-state index in [-0.39, 0.29) is 16.9 Å². The van der Waals surface area contributed by atoms with Crippen LogP contribution in [0.25, 0.3) is 0 Å². The Morgan fingerprint density at radius 1 is 0.667 bits per heavy atom. The monoisotopic (exact) mass is 352 g/mol. The highest BCUT2D eigenvalue weighted by molar-refractivity contribution is 6.17. The number of carbonyl (C=O) groups is 3. The average molecular weight is 352 g/mol. The molecule has 1 heterocycles. The summed E-state index contributed by atoms with van der Waals surface area (Å²) < 4.78 is 4.56. The van der Waals surface area contributed by atoms with Crippen molar-refractivity contribution in [1.29, 1.82) is 0 Å². The predicted octanol–water partition coefficient (Wildman–Crippen LogP) is 3.63. The first kappa shape index (κ1) is 16.5. The summed E-state index contributed by atoms with van der Waals surface area (Å²) in [6.45, 7) is 0. The summed E-state index contributed by atoms with van der Waals surface area (Å²) in [4.78, 5) is 36.0. The molecule has 1 aliphatic rings. The number of carbonyl (C=O) groups excluding carboxylic acids is 3. The molecular weight excluding hydrogens is 340 g/mol. The van der Waals surface area contributed by atoms with Gasteiger partial charge in [-0.2, -0.15) is 0 Å². The number of fused-ring (bicyclic) bond motifs is 1.